The predicted octanol–water partition coefficient (Wildman–Crippen LogP) is 11.3. The SMILES string of the molecule is COc1ccc(S(=O)(=O)Cl)cc1.COc1ccc(S(=O)(=O)n2cc(C=O)c3cc(OC)ccc32)cc1.COc1ccc(S(=O)(=O)n2cc(C=O)c3cc(OC)ccc32)cc1.COc1ccc(S(=O)(=O)n2cc(C=O)c3cc(OC)ccc32)cc1.COc1ccc2[nH]cc(C=O)c2c1.O=C(O)CC(=O)O. The zero-order valence-electron chi connectivity index (χ0n) is 56.2. The molecule has 3 N–H and O–H groups in total. The number of halogens is 1. The first kappa shape index (κ1) is 79.4. The number of methoxy groups -OCH3 is 8. The normalized spacial score (nSPS) is 11.0. The van der Waals surface area contributed by atoms with Crippen LogP contribution in [0.1, 0.15) is 47.9 Å². The third-order valence-corrected chi connectivity index (χ3v) is 21.4. The Kier molecular flexibility index (Phi) is 26.8. The standard InChI is InChI=1S/3C17H15NO5S.C10H9NO2.C7H7ClO3S.C3H4O4/c3*1-22-13-3-6-15(7-4-13)24(20,21)18-10-12(11-19)16-9-14(23-2)5-8-17(16)18;1-13-8-2-3-10-9(4-8)7(6-12)5-11-10;1-11-6-2-4-7(5-3-6)12(8,9)10;4-2(5)1-3(6)7/h3*3-11H,1-2H3;2-6,11H,1H3;2-5H,1H3;1H2,(H,4,5)(H,6,7). The zero-order valence-corrected chi connectivity index (χ0v) is 60.2. The topological polar surface area (TPSA) is 384 Å². The van der Waals surface area contributed by atoms with Crippen LogP contribution in [-0.4, -0.2) is 155 Å². The largest absolute Gasteiger partial charge is 0.497 e. The van der Waals surface area contributed by atoms with Gasteiger partial charge in [0.25, 0.3) is 39.1 Å². The summed E-state index contributed by atoms with van der Waals surface area (Å²) in [5.74, 6) is 2.05. The molecular weight excluding hydrogens is 1460 g/mol. The lowest BCUT2D eigenvalue weighted by atomic mass is 10.2. The minimum atomic E-state index is -3.84. The molecule has 0 bridgehead atoms. The van der Waals surface area contributed by atoms with E-state index in [2.05, 4.69) is 4.98 Å². The van der Waals surface area contributed by atoms with Crippen LogP contribution in [0.15, 0.2) is 214 Å². The van der Waals surface area contributed by atoms with Crippen molar-refractivity contribution in [3.8, 4) is 46.0 Å². The Labute approximate surface area is 600 Å². The van der Waals surface area contributed by atoms with Crippen molar-refractivity contribution in [3.05, 3.63) is 217 Å². The van der Waals surface area contributed by atoms with Crippen LogP contribution < -0.4 is 37.9 Å². The van der Waals surface area contributed by atoms with E-state index in [4.69, 9.17) is 58.8 Å². The van der Waals surface area contributed by atoms with Crippen molar-refractivity contribution in [2.45, 2.75) is 26.0 Å². The van der Waals surface area contributed by atoms with Crippen molar-refractivity contribution >= 4 is 130 Å². The average molecular weight is 1520 g/mol. The lowest BCUT2D eigenvalue weighted by Crippen LogP contribution is -2.11. The number of aromatic nitrogens is 4. The third-order valence-electron chi connectivity index (χ3n) is 14.9. The van der Waals surface area contributed by atoms with Gasteiger partial charge in [0.15, 0.2) is 25.1 Å². The number of aliphatic carboxylic acids is 2. The summed E-state index contributed by atoms with van der Waals surface area (Å²) in [6.45, 7) is 0. The Morgan fingerprint density at radius 2 is 0.596 bits per heavy atom. The molecule has 0 amide bonds. The van der Waals surface area contributed by atoms with Gasteiger partial charge in [0.05, 0.1) is 93.0 Å². The van der Waals surface area contributed by atoms with Crippen LogP contribution in [0.3, 0.4) is 0 Å². The van der Waals surface area contributed by atoms with Crippen molar-refractivity contribution < 1.29 is 111 Å². The van der Waals surface area contributed by atoms with E-state index in [1.807, 2.05) is 18.2 Å². The summed E-state index contributed by atoms with van der Waals surface area (Å²) in [6.07, 6.45) is 7.55. The summed E-state index contributed by atoms with van der Waals surface area (Å²) in [7, 11) is 2.11. The number of carbonyl (C=O) groups is 6. The fraction of sp³-hybridized carbons (Fsp3) is 0.127. The van der Waals surface area contributed by atoms with Crippen LogP contribution in [0.25, 0.3) is 43.6 Å². The summed E-state index contributed by atoms with van der Waals surface area (Å²) >= 11 is 0. The molecule has 12 rings (SSSR count). The molecule has 12 aromatic rings. The van der Waals surface area contributed by atoms with Gasteiger partial charge in [-0.3, -0.25) is 28.8 Å². The van der Waals surface area contributed by atoms with Crippen molar-refractivity contribution in [1.82, 2.24) is 16.9 Å². The van der Waals surface area contributed by atoms with Gasteiger partial charge in [0, 0.05) is 84.8 Å². The van der Waals surface area contributed by atoms with Crippen molar-refractivity contribution in [2.75, 3.05) is 56.9 Å². The van der Waals surface area contributed by atoms with E-state index in [1.165, 1.54) is 129 Å². The average Bonchev–Trinajstić information content (AvgIpc) is 1.62. The number of carbonyl (C=O) groups excluding carboxylic acids is 4. The molecule has 0 aliphatic carbocycles. The van der Waals surface area contributed by atoms with E-state index in [-0.39, 0.29) is 36.3 Å². The Morgan fingerprint density at radius 3 is 0.827 bits per heavy atom. The Bertz CT molecular complexity index is 5150. The monoisotopic (exact) mass is 1520 g/mol. The number of carboxylic acid groups (broad SMARTS) is 2. The number of ether oxygens (including phenoxy) is 8. The number of aldehydes is 4. The van der Waals surface area contributed by atoms with E-state index < -0.39 is 57.5 Å². The van der Waals surface area contributed by atoms with Gasteiger partial charge in [-0.2, -0.15) is 0 Å². The first-order chi connectivity index (χ1) is 49.5. The van der Waals surface area contributed by atoms with E-state index >= 15 is 0 Å². The summed E-state index contributed by atoms with van der Waals surface area (Å²) in [4.78, 5) is 66.8. The molecule has 544 valence electrons. The summed E-state index contributed by atoms with van der Waals surface area (Å²) < 4.78 is 143. The molecule has 0 fully saturated rings. The van der Waals surface area contributed by atoms with Crippen molar-refractivity contribution in [1.29, 1.82) is 0 Å². The number of hydrogen-bond acceptors (Lipinski definition) is 22. The summed E-state index contributed by atoms with van der Waals surface area (Å²) in [5.41, 5.74) is 3.68. The van der Waals surface area contributed by atoms with Crippen molar-refractivity contribution in [3.63, 3.8) is 0 Å². The highest BCUT2D eigenvalue weighted by molar-refractivity contribution is 8.13. The number of hydrogen-bond donors (Lipinski definition) is 3. The number of benzene rings is 8. The first-order valence-electron chi connectivity index (χ1n) is 29.8. The lowest BCUT2D eigenvalue weighted by molar-refractivity contribution is -0.147. The van der Waals surface area contributed by atoms with Gasteiger partial charge >= 0.3 is 11.9 Å². The smallest absolute Gasteiger partial charge is 0.314 e. The number of rotatable bonds is 21. The van der Waals surface area contributed by atoms with Crippen LogP contribution in [0.5, 0.6) is 46.0 Å². The third kappa shape index (κ3) is 18.8. The molecule has 0 spiro atoms. The number of fused-ring (bicyclic) bond motifs is 4. The second-order valence-electron chi connectivity index (χ2n) is 21.0. The lowest BCUT2D eigenvalue weighted by Gasteiger charge is -2.08. The quantitative estimate of drug-likeness (QED) is 0.0342. The molecule has 4 aromatic heterocycles. The molecule has 0 saturated heterocycles. The van der Waals surface area contributed by atoms with Gasteiger partial charge < -0.3 is 53.1 Å². The fourth-order valence-corrected chi connectivity index (χ4v) is 14.6. The second-order valence-corrected chi connectivity index (χ2v) is 29.0. The van der Waals surface area contributed by atoms with E-state index in [0.717, 1.165) is 34.9 Å². The maximum atomic E-state index is 12.9. The molecule has 0 unspecified atom stereocenters. The number of H-pyrrole nitrogens is 1. The predicted molar refractivity (Wildman–Crippen MR) is 385 cm³/mol. The molecule has 0 aliphatic rings. The number of carboxylic acids is 2. The van der Waals surface area contributed by atoms with Crippen LogP contribution in [-0.2, 0) is 48.7 Å². The Morgan fingerprint density at radius 1 is 0.356 bits per heavy atom. The van der Waals surface area contributed by atoms with E-state index in [0.29, 0.717) is 97.4 Å². The van der Waals surface area contributed by atoms with Crippen LogP contribution >= 0.6 is 10.7 Å². The van der Waals surface area contributed by atoms with Crippen LogP contribution in [0.4, 0.5) is 0 Å². The Hall–Kier alpha value is -12.0. The minimum Gasteiger partial charge on any atom is -0.497 e. The van der Waals surface area contributed by atoms with Crippen molar-refractivity contribution in [2.24, 2.45) is 0 Å². The molecule has 0 aliphatic heterocycles. The van der Waals surface area contributed by atoms with E-state index in [1.54, 1.807) is 104 Å². The molecule has 4 heterocycles. The minimum absolute atomic E-state index is 0.0740. The highest BCUT2D eigenvalue weighted by Gasteiger charge is 2.25. The highest BCUT2D eigenvalue weighted by atomic mass is 35.7. The number of nitrogens with one attached hydrogen (secondary N) is 1. The number of aromatic amines is 1. The maximum Gasteiger partial charge on any atom is 0.314 e. The molecule has 0 radical (unpaired) electrons. The molecule has 33 heteroatoms. The van der Waals surface area contributed by atoms with Gasteiger partial charge in [0.1, 0.15) is 52.4 Å². The molecule has 8 aromatic carbocycles. The van der Waals surface area contributed by atoms with Gasteiger partial charge in [-0.15, -0.1) is 0 Å². The van der Waals surface area contributed by atoms with Crippen LogP contribution in [0, 0.1) is 0 Å². The maximum absolute atomic E-state index is 12.9. The molecular formula is C71H65ClN4O24S4. The van der Waals surface area contributed by atoms with Gasteiger partial charge in [0.2, 0.25) is 0 Å². The second kappa shape index (κ2) is 35.1. The van der Waals surface area contributed by atoms with E-state index in [9.17, 15) is 62.4 Å². The van der Waals surface area contributed by atoms with Gasteiger partial charge in [-0.05, 0) is 170 Å². The zero-order chi connectivity index (χ0) is 76.3. The summed E-state index contributed by atoms with van der Waals surface area (Å²) in [6, 6.07) is 44.3. The molecule has 28 nitrogen and oxygen atoms in total. The highest BCUT2D eigenvalue weighted by Crippen LogP contribution is 2.33. The fourth-order valence-electron chi connectivity index (χ4n) is 9.67. The van der Waals surface area contributed by atoms with Gasteiger partial charge in [-0.25, -0.2) is 45.6 Å². The summed E-state index contributed by atoms with van der Waals surface area (Å²) in [5, 5.41) is 17.8. The molecule has 0 saturated carbocycles. The molecule has 0 atom stereocenters. The molecule has 104 heavy (non-hydrogen) atoms. The Balaban J connectivity index is 0.000000182. The number of nitrogens with zero attached hydrogens (tertiary/aromatic N) is 3. The van der Waals surface area contributed by atoms with Gasteiger partial charge in [-0.1, -0.05) is 0 Å². The van der Waals surface area contributed by atoms with Crippen LogP contribution in [0.2, 0.25) is 0 Å². The first-order valence-corrected chi connectivity index (χ1v) is 36.4.